The summed E-state index contributed by atoms with van der Waals surface area (Å²) in [6, 6.07) is 11.7. The summed E-state index contributed by atoms with van der Waals surface area (Å²) in [7, 11) is 4.75. The van der Waals surface area contributed by atoms with Gasteiger partial charge in [0.25, 0.3) is 0 Å². The predicted molar refractivity (Wildman–Crippen MR) is 103 cm³/mol. The molecule has 8 heteroatoms. The van der Waals surface area contributed by atoms with E-state index < -0.39 is 5.97 Å². The molecule has 0 saturated heterocycles. The number of carbonyl (C=O) groups excluding carboxylic acids is 1. The molecule has 0 unspecified atom stereocenters. The van der Waals surface area contributed by atoms with E-state index in [0.29, 0.717) is 27.9 Å². The molecule has 26 heavy (non-hydrogen) atoms. The average Bonchev–Trinajstić information content (AvgIpc) is 2.68. The number of hydrogen-bond donors (Lipinski definition) is 2. The molecule has 0 atom stereocenters. The molecule has 0 heterocycles. The first-order valence-electron chi connectivity index (χ1n) is 7.62. The minimum absolute atomic E-state index is 0.309. The van der Waals surface area contributed by atoms with Crippen molar-refractivity contribution in [1.82, 2.24) is 10.7 Å². The van der Waals surface area contributed by atoms with Gasteiger partial charge in [-0.1, -0.05) is 0 Å². The average molecular weight is 373 g/mol. The van der Waals surface area contributed by atoms with Crippen LogP contribution in [0.25, 0.3) is 0 Å². The van der Waals surface area contributed by atoms with Gasteiger partial charge >= 0.3 is 5.97 Å². The lowest BCUT2D eigenvalue weighted by atomic mass is 10.2. The lowest BCUT2D eigenvalue weighted by Crippen LogP contribution is -2.28. The summed E-state index contributed by atoms with van der Waals surface area (Å²) < 4.78 is 15.8. The second-order valence-electron chi connectivity index (χ2n) is 4.98. The van der Waals surface area contributed by atoms with Gasteiger partial charge in [-0.3, -0.25) is 5.43 Å². The number of thiocarbonyl (C=S) groups is 1. The lowest BCUT2D eigenvalue weighted by Gasteiger charge is -2.10. The number of hydrogen-bond acceptors (Lipinski definition) is 6. The van der Waals surface area contributed by atoms with Crippen LogP contribution in [-0.4, -0.2) is 38.6 Å². The van der Waals surface area contributed by atoms with Crippen molar-refractivity contribution >= 4 is 29.5 Å². The van der Waals surface area contributed by atoms with Crippen molar-refractivity contribution < 1.29 is 19.0 Å². The number of esters is 1. The van der Waals surface area contributed by atoms with Crippen LogP contribution in [0.2, 0.25) is 0 Å². The highest BCUT2D eigenvalue weighted by atomic mass is 32.1. The Kier molecular flexibility index (Phi) is 6.92. The molecule has 0 aliphatic carbocycles. The van der Waals surface area contributed by atoms with Gasteiger partial charge in [-0.2, -0.15) is 5.10 Å². The molecule has 2 aromatic carbocycles. The van der Waals surface area contributed by atoms with Crippen molar-refractivity contribution in [1.29, 1.82) is 0 Å². The Labute approximate surface area is 157 Å². The first-order valence-corrected chi connectivity index (χ1v) is 8.03. The van der Waals surface area contributed by atoms with E-state index >= 15 is 0 Å². The summed E-state index contributed by atoms with van der Waals surface area (Å²) in [5.74, 6) is 0.888. The molecule has 0 fully saturated rings. The summed E-state index contributed by atoms with van der Waals surface area (Å²) in [5, 5.41) is 7.13. The second-order valence-corrected chi connectivity index (χ2v) is 5.39. The molecule has 0 saturated carbocycles. The first kappa shape index (κ1) is 19.2. The Morgan fingerprint density at radius 2 is 1.81 bits per heavy atom. The Morgan fingerprint density at radius 3 is 2.42 bits per heavy atom. The van der Waals surface area contributed by atoms with E-state index in [0.717, 1.165) is 5.56 Å². The molecule has 0 aliphatic rings. The summed E-state index contributed by atoms with van der Waals surface area (Å²) in [5.41, 5.74) is 3.80. The quantitative estimate of drug-likeness (QED) is 0.264. The van der Waals surface area contributed by atoms with Gasteiger partial charge in [0.2, 0.25) is 0 Å². The Hall–Kier alpha value is -3.13. The van der Waals surface area contributed by atoms with Crippen LogP contribution in [0.5, 0.6) is 17.2 Å². The van der Waals surface area contributed by atoms with E-state index in [-0.39, 0.29) is 0 Å². The molecule has 2 rings (SSSR count). The van der Waals surface area contributed by atoms with Crippen molar-refractivity contribution in [2.24, 2.45) is 5.10 Å². The van der Waals surface area contributed by atoms with Crippen LogP contribution in [0.3, 0.4) is 0 Å². The van der Waals surface area contributed by atoms with Crippen LogP contribution in [0.15, 0.2) is 47.6 Å². The predicted octanol–water partition coefficient (Wildman–Crippen LogP) is 2.35. The standard InChI is InChI=1S/C18H19N3O4S/c1-19-18(26)21-20-11-12-4-9-15(16(10-12)24-3)25-17(22)13-5-7-14(23-2)8-6-13/h4-11H,1-3H3,(H2,19,21,26)/b20-11-. The maximum atomic E-state index is 12.3. The number of rotatable bonds is 6. The fourth-order valence-electron chi connectivity index (χ4n) is 1.96. The highest BCUT2D eigenvalue weighted by Crippen LogP contribution is 2.28. The maximum absolute atomic E-state index is 12.3. The number of benzene rings is 2. The number of hydrazone groups is 1. The van der Waals surface area contributed by atoms with Gasteiger partial charge in [-0.05, 0) is 60.2 Å². The van der Waals surface area contributed by atoms with Crippen molar-refractivity contribution in [3.05, 3.63) is 53.6 Å². The number of nitrogens with one attached hydrogen (secondary N) is 2. The molecule has 0 aromatic heterocycles. The summed E-state index contributed by atoms with van der Waals surface area (Å²) >= 11 is 4.92. The van der Waals surface area contributed by atoms with Gasteiger partial charge in [0, 0.05) is 7.05 Å². The van der Waals surface area contributed by atoms with Crippen LogP contribution in [0.1, 0.15) is 15.9 Å². The number of methoxy groups -OCH3 is 2. The van der Waals surface area contributed by atoms with Crippen LogP contribution >= 0.6 is 12.2 Å². The third kappa shape index (κ3) is 5.18. The van der Waals surface area contributed by atoms with E-state index in [4.69, 9.17) is 26.4 Å². The highest BCUT2D eigenvalue weighted by Gasteiger charge is 2.13. The summed E-state index contributed by atoms with van der Waals surface area (Å²) in [4.78, 5) is 12.3. The second kappa shape index (κ2) is 9.38. The van der Waals surface area contributed by atoms with E-state index in [1.807, 2.05) is 0 Å². The SMILES string of the molecule is CNC(=S)N/N=C\c1ccc(OC(=O)c2ccc(OC)cc2)c(OC)c1. The largest absolute Gasteiger partial charge is 0.497 e. The van der Waals surface area contributed by atoms with E-state index in [1.54, 1.807) is 62.8 Å². The van der Waals surface area contributed by atoms with E-state index in [2.05, 4.69) is 15.8 Å². The molecule has 2 aromatic rings. The van der Waals surface area contributed by atoms with Gasteiger partial charge in [-0.15, -0.1) is 0 Å². The third-order valence-corrected chi connectivity index (χ3v) is 3.62. The van der Waals surface area contributed by atoms with E-state index in [9.17, 15) is 4.79 Å². The van der Waals surface area contributed by atoms with Gasteiger partial charge < -0.3 is 19.5 Å². The Bertz CT molecular complexity index is 807. The van der Waals surface area contributed by atoms with Crippen molar-refractivity contribution in [3.8, 4) is 17.2 Å². The minimum atomic E-state index is -0.492. The van der Waals surface area contributed by atoms with Crippen LogP contribution in [-0.2, 0) is 0 Å². The van der Waals surface area contributed by atoms with Crippen LogP contribution < -0.4 is 25.0 Å². The first-order chi connectivity index (χ1) is 12.6. The van der Waals surface area contributed by atoms with Crippen molar-refractivity contribution in [3.63, 3.8) is 0 Å². The molecule has 7 nitrogen and oxygen atoms in total. The van der Waals surface area contributed by atoms with Gasteiger partial charge in [-0.25, -0.2) is 4.79 Å². The van der Waals surface area contributed by atoms with Gasteiger partial charge in [0.15, 0.2) is 16.6 Å². The van der Waals surface area contributed by atoms with Crippen LogP contribution in [0.4, 0.5) is 0 Å². The zero-order valence-corrected chi connectivity index (χ0v) is 15.4. The molecule has 0 spiro atoms. The number of ether oxygens (including phenoxy) is 3. The molecule has 2 N–H and O–H groups in total. The van der Waals surface area contributed by atoms with Crippen molar-refractivity contribution in [2.75, 3.05) is 21.3 Å². The molecule has 136 valence electrons. The number of nitrogens with zero attached hydrogens (tertiary/aromatic N) is 1. The van der Waals surface area contributed by atoms with Crippen LogP contribution in [0, 0.1) is 0 Å². The smallest absolute Gasteiger partial charge is 0.343 e. The zero-order valence-electron chi connectivity index (χ0n) is 14.6. The van der Waals surface area contributed by atoms with E-state index in [1.165, 1.54) is 7.11 Å². The minimum Gasteiger partial charge on any atom is -0.497 e. The van der Waals surface area contributed by atoms with Gasteiger partial charge in [0.1, 0.15) is 5.75 Å². The summed E-state index contributed by atoms with van der Waals surface area (Å²) in [6.45, 7) is 0. The molecule has 0 aliphatic heterocycles. The zero-order chi connectivity index (χ0) is 18.9. The highest BCUT2D eigenvalue weighted by molar-refractivity contribution is 7.80. The third-order valence-electron chi connectivity index (χ3n) is 3.32. The topological polar surface area (TPSA) is 81.2 Å². The van der Waals surface area contributed by atoms with Gasteiger partial charge in [0.05, 0.1) is 26.0 Å². The molecular formula is C18H19N3O4S. The maximum Gasteiger partial charge on any atom is 0.343 e. The monoisotopic (exact) mass is 373 g/mol. The molecule has 0 amide bonds. The fraction of sp³-hybridized carbons (Fsp3) is 0.167. The Balaban J connectivity index is 2.11. The lowest BCUT2D eigenvalue weighted by molar-refractivity contribution is 0.0729. The Morgan fingerprint density at radius 1 is 1.08 bits per heavy atom. The van der Waals surface area contributed by atoms with Crippen molar-refractivity contribution in [2.45, 2.75) is 0 Å². The number of carbonyl (C=O) groups is 1. The normalized spacial score (nSPS) is 10.3. The summed E-state index contributed by atoms with van der Waals surface area (Å²) in [6.07, 6.45) is 1.57. The molecular weight excluding hydrogens is 354 g/mol. The fourth-order valence-corrected chi connectivity index (χ4v) is 2.01. The molecule has 0 radical (unpaired) electrons. The molecule has 0 bridgehead atoms.